The second kappa shape index (κ2) is 6.30. The third kappa shape index (κ3) is 3.09. The number of likely N-dealkylation sites (N-methyl/N-ethyl adjacent to an activating group) is 1. The Bertz CT molecular complexity index is 518. The first-order valence-electron chi connectivity index (χ1n) is 6.42. The number of aromatic amines is 1. The summed E-state index contributed by atoms with van der Waals surface area (Å²) in [4.78, 5) is 10.8. The van der Waals surface area contributed by atoms with Crippen molar-refractivity contribution in [3.05, 3.63) is 6.20 Å². The summed E-state index contributed by atoms with van der Waals surface area (Å²) in [6, 6.07) is 0. The molecule has 0 radical (unpaired) electrons. The average Bonchev–Trinajstić information content (AvgIpc) is 2.91. The zero-order valence-electron chi connectivity index (χ0n) is 11.3. The predicted octanol–water partition coefficient (Wildman–Crippen LogP) is 0.392. The number of nitrogens with zero attached hydrogens (tertiary/aromatic N) is 4. The van der Waals surface area contributed by atoms with Gasteiger partial charge in [-0.1, -0.05) is 13.8 Å². The highest BCUT2D eigenvalue weighted by atomic mass is 15.3. The number of anilines is 2. The molecule has 5 N–H and O–H groups in total. The Morgan fingerprint density at radius 1 is 1.32 bits per heavy atom. The Morgan fingerprint density at radius 3 is 2.79 bits per heavy atom. The minimum atomic E-state index is 0.363. The maximum absolute atomic E-state index is 5.35. The number of hydrogen-bond donors (Lipinski definition) is 4. The number of hydrazine groups is 1. The normalized spacial score (nSPS) is 11.2. The number of nitrogens with one attached hydrogen (secondary N) is 3. The number of rotatable bonds is 7. The van der Waals surface area contributed by atoms with Gasteiger partial charge in [-0.2, -0.15) is 15.1 Å². The van der Waals surface area contributed by atoms with Gasteiger partial charge in [-0.25, -0.2) is 5.84 Å². The van der Waals surface area contributed by atoms with E-state index < -0.39 is 0 Å². The second-order valence-electron chi connectivity index (χ2n) is 4.13. The molecule has 2 aromatic heterocycles. The smallest absolute Gasteiger partial charge is 0.241 e. The fraction of sp³-hybridized carbons (Fsp3) is 0.545. The monoisotopic (exact) mass is 264 g/mol. The van der Waals surface area contributed by atoms with Crippen LogP contribution in [0.25, 0.3) is 11.0 Å². The van der Waals surface area contributed by atoms with Gasteiger partial charge in [0.2, 0.25) is 5.95 Å². The van der Waals surface area contributed by atoms with Crippen molar-refractivity contribution in [2.45, 2.75) is 13.8 Å². The summed E-state index contributed by atoms with van der Waals surface area (Å²) in [7, 11) is 0. The average molecular weight is 264 g/mol. The standard InChI is InChI=1S/C11H20N8/c1-3-19(4-2)6-5-13-9-8-7-14-18-10(8)16-11(15-9)17-12/h7H,3-6,12H2,1-2H3,(H3,13,14,15,16,17,18). The van der Waals surface area contributed by atoms with E-state index in [1.54, 1.807) is 6.20 Å². The van der Waals surface area contributed by atoms with Crippen LogP contribution in [0.2, 0.25) is 0 Å². The summed E-state index contributed by atoms with van der Waals surface area (Å²) in [6.45, 7) is 8.15. The van der Waals surface area contributed by atoms with E-state index >= 15 is 0 Å². The molecule has 0 saturated carbocycles. The summed E-state index contributed by atoms with van der Waals surface area (Å²) in [5.74, 6) is 6.45. The summed E-state index contributed by atoms with van der Waals surface area (Å²) in [5.41, 5.74) is 3.11. The summed E-state index contributed by atoms with van der Waals surface area (Å²) in [5, 5.41) is 10.9. The molecule has 8 nitrogen and oxygen atoms in total. The van der Waals surface area contributed by atoms with Crippen LogP contribution in [0.4, 0.5) is 11.8 Å². The van der Waals surface area contributed by atoms with E-state index in [1.165, 1.54) is 0 Å². The Morgan fingerprint density at radius 2 is 2.11 bits per heavy atom. The maximum atomic E-state index is 5.35. The Kier molecular flexibility index (Phi) is 4.48. The topological polar surface area (TPSA) is 108 Å². The number of fused-ring (bicyclic) bond motifs is 1. The van der Waals surface area contributed by atoms with Crippen molar-refractivity contribution >= 4 is 22.8 Å². The first kappa shape index (κ1) is 13.5. The van der Waals surface area contributed by atoms with Crippen LogP contribution >= 0.6 is 0 Å². The molecule has 0 spiro atoms. The molecule has 0 bridgehead atoms. The molecular weight excluding hydrogens is 244 g/mol. The van der Waals surface area contributed by atoms with Gasteiger partial charge in [0.05, 0.1) is 11.6 Å². The number of hydrogen-bond acceptors (Lipinski definition) is 7. The summed E-state index contributed by atoms with van der Waals surface area (Å²) in [6.07, 6.45) is 1.70. The number of nitrogen functional groups attached to an aromatic ring is 1. The molecule has 8 heteroatoms. The van der Waals surface area contributed by atoms with Crippen LogP contribution in [0.3, 0.4) is 0 Å². The van der Waals surface area contributed by atoms with Gasteiger partial charge in [0.25, 0.3) is 0 Å². The quantitative estimate of drug-likeness (QED) is 0.423. The van der Waals surface area contributed by atoms with Crippen LogP contribution in [-0.4, -0.2) is 51.2 Å². The number of nitrogens with two attached hydrogens (primary N) is 1. The van der Waals surface area contributed by atoms with Crippen LogP contribution in [0.1, 0.15) is 13.8 Å². The summed E-state index contributed by atoms with van der Waals surface area (Å²) >= 11 is 0. The van der Waals surface area contributed by atoms with Crippen LogP contribution in [0, 0.1) is 0 Å². The fourth-order valence-electron chi connectivity index (χ4n) is 1.91. The van der Waals surface area contributed by atoms with Gasteiger partial charge in [0, 0.05) is 13.1 Å². The predicted molar refractivity (Wildman–Crippen MR) is 75.8 cm³/mol. The van der Waals surface area contributed by atoms with Crippen LogP contribution in [0.15, 0.2) is 6.20 Å². The van der Waals surface area contributed by atoms with Gasteiger partial charge >= 0.3 is 0 Å². The first-order chi connectivity index (χ1) is 9.28. The second-order valence-corrected chi connectivity index (χ2v) is 4.13. The minimum Gasteiger partial charge on any atom is -0.368 e. The Balaban J connectivity index is 2.08. The van der Waals surface area contributed by atoms with Crippen LogP contribution in [-0.2, 0) is 0 Å². The van der Waals surface area contributed by atoms with Crippen molar-refractivity contribution in [1.29, 1.82) is 0 Å². The SMILES string of the molecule is CCN(CC)CCNc1nc(NN)nc2[nH]ncc12. The van der Waals surface area contributed by atoms with E-state index in [-0.39, 0.29) is 0 Å². The molecule has 0 fully saturated rings. The molecule has 2 heterocycles. The van der Waals surface area contributed by atoms with E-state index in [0.29, 0.717) is 11.6 Å². The lowest BCUT2D eigenvalue weighted by molar-refractivity contribution is 0.316. The van der Waals surface area contributed by atoms with Gasteiger partial charge in [0.15, 0.2) is 5.65 Å². The molecule has 0 unspecified atom stereocenters. The van der Waals surface area contributed by atoms with E-state index in [0.717, 1.165) is 37.4 Å². The zero-order chi connectivity index (χ0) is 13.7. The summed E-state index contributed by atoms with van der Waals surface area (Å²) < 4.78 is 0. The van der Waals surface area contributed by atoms with Crippen LogP contribution < -0.4 is 16.6 Å². The molecule has 0 aliphatic carbocycles. The molecule has 0 saturated heterocycles. The van der Waals surface area contributed by atoms with Crippen molar-refractivity contribution in [2.75, 3.05) is 36.9 Å². The molecular formula is C11H20N8. The third-order valence-electron chi connectivity index (χ3n) is 3.05. The lowest BCUT2D eigenvalue weighted by Gasteiger charge is -2.18. The van der Waals surface area contributed by atoms with Crippen molar-refractivity contribution in [1.82, 2.24) is 25.1 Å². The minimum absolute atomic E-state index is 0.363. The van der Waals surface area contributed by atoms with Crippen LogP contribution in [0.5, 0.6) is 0 Å². The molecule has 0 aromatic carbocycles. The molecule has 19 heavy (non-hydrogen) atoms. The highest BCUT2D eigenvalue weighted by Gasteiger charge is 2.08. The highest BCUT2D eigenvalue weighted by molar-refractivity contribution is 5.86. The molecule has 2 aromatic rings. The largest absolute Gasteiger partial charge is 0.368 e. The molecule has 0 atom stereocenters. The molecule has 104 valence electrons. The van der Waals surface area contributed by atoms with E-state index in [1.807, 2.05) is 0 Å². The Labute approximate surface area is 111 Å². The van der Waals surface area contributed by atoms with Crippen molar-refractivity contribution < 1.29 is 0 Å². The zero-order valence-corrected chi connectivity index (χ0v) is 11.3. The van der Waals surface area contributed by atoms with Gasteiger partial charge in [-0.15, -0.1) is 0 Å². The van der Waals surface area contributed by atoms with E-state index in [2.05, 4.69) is 49.7 Å². The van der Waals surface area contributed by atoms with Gasteiger partial charge < -0.3 is 10.2 Å². The molecule has 0 amide bonds. The first-order valence-corrected chi connectivity index (χ1v) is 6.42. The van der Waals surface area contributed by atoms with Crippen molar-refractivity contribution in [3.63, 3.8) is 0 Å². The van der Waals surface area contributed by atoms with Gasteiger partial charge in [-0.3, -0.25) is 10.5 Å². The molecule has 0 aliphatic rings. The number of aromatic nitrogens is 4. The van der Waals surface area contributed by atoms with Gasteiger partial charge in [-0.05, 0) is 13.1 Å². The van der Waals surface area contributed by atoms with Crippen molar-refractivity contribution in [2.24, 2.45) is 5.84 Å². The Hall–Kier alpha value is -1.93. The molecule has 2 rings (SSSR count). The maximum Gasteiger partial charge on any atom is 0.241 e. The van der Waals surface area contributed by atoms with E-state index in [9.17, 15) is 0 Å². The van der Waals surface area contributed by atoms with Crippen molar-refractivity contribution in [3.8, 4) is 0 Å². The lowest BCUT2D eigenvalue weighted by Crippen LogP contribution is -2.28. The third-order valence-corrected chi connectivity index (χ3v) is 3.05. The van der Waals surface area contributed by atoms with E-state index in [4.69, 9.17) is 5.84 Å². The lowest BCUT2D eigenvalue weighted by atomic mass is 10.4. The highest BCUT2D eigenvalue weighted by Crippen LogP contribution is 2.19. The fourth-order valence-corrected chi connectivity index (χ4v) is 1.91. The molecule has 0 aliphatic heterocycles. The number of H-pyrrole nitrogens is 1. The van der Waals surface area contributed by atoms with Gasteiger partial charge in [0.1, 0.15) is 5.82 Å².